The lowest BCUT2D eigenvalue weighted by Gasteiger charge is -2.40. The Morgan fingerprint density at radius 3 is 2.48 bits per heavy atom. The third kappa shape index (κ3) is 5.64. The molecule has 4 fully saturated rings. The number of alkyl halides is 1. The van der Waals surface area contributed by atoms with Gasteiger partial charge in [-0.2, -0.15) is 0 Å². The standard InChI is InChI=1S/C29H45BrN4O6/c1-6-8-31(5)26(36)22-23-27(37)34(20(18-35)16-19(3)4)25(29(23)17-21(30)24(22)40-29)28(38)33(9-7-2)11-10-32-12-14-39-15-13-32/h6-7,19-25,35H,1-2,8-18H2,3-5H3/t20-,21?,22+,23+,24+,25?,29?/m1/s1. The molecule has 4 rings (SSSR count). The van der Waals surface area contributed by atoms with Crippen molar-refractivity contribution >= 4 is 33.7 Å². The van der Waals surface area contributed by atoms with Crippen LogP contribution >= 0.6 is 15.9 Å². The van der Waals surface area contributed by atoms with Crippen LogP contribution in [0.4, 0.5) is 0 Å². The second-order valence-corrected chi connectivity index (χ2v) is 13.1. The van der Waals surface area contributed by atoms with Gasteiger partial charge in [0.15, 0.2) is 0 Å². The van der Waals surface area contributed by atoms with Crippen LogP contribution in [0.25, 0.3) is 0 Å². The Labute approximate surface area is 246 Å². The Hall–Kier alpha value is -1.79. The molecule has 3 amide bonds. The minimum absolute atomic E-state index is 0.182. The zero-order chi connectivity index (χ0) is 29.2. The Morgan fingerprint density at radius 2 is 1.88 bits per heavy atom. The molecule has 11 heteroatoms. The maximum absolute atomic E-state index is 14.6. The topological polar surface area (TPSA) is 103 Å². The van der Waals surface area contributed by atoms with Crippen molar-refractivity contribution in [2.45, 2.75) is 55.3 Å². The average Bonchev–Trinajstić information content (AvgIpc) is 3.52. The molecule has 1 spiro atoms. The van der Waals surface area contributed by atoms with Crippen molar-refractivity contribution in [3.8, 4) is 0 Å². The van der Waals surface area contributed by atoms with Crippen LogP contribution in [0.5, 0.6) is 0 Å². The van der Waals surface area contributed by atoms with Gasteiger partial charge in [-0.15, -0.1) is 13.2 Å². The summed E-state index contributed by atoms with van der Waals surface area (Å²) in [6.45, 7) is 16.1. The predicted molar refractivity (Wildman–Crippen MR) is 155 cm³/mol. The molecule has 40 heavy (non-hydrogen) atoms. The summed E-state index contributed by atoms with van der Waals surface area (Å²) in [7, 11) is 1.69. The van der Waals surface area contributed by atoms with Crippen molar-refractivity contribution in [3.05, 3.63) is 25.3 Å². The summed E-state index contributed by atoms with van der Waals surface area (Å²) in [6.07, 6.45) is 3.78. The summed E-state index contributed by atoms with van der Waals surface area (Å²) in [4.78, 5) is 49.6. The number of aliphatic hydroxyl groups excluding tert-OH is 1. The molecule has 0 saturated carbocycles. The van der Waals surface area contributed by atoms with E-state index in [0.29, 0.717) is 52.2 Å². The number of carbonyl (C=O) groups is 3. The Kier molecular flexibility index (Phi) is 10.1. The van der Waals surface area contributed by atoms with Gasteiger partial charge in [-0.25, -0.2) is 0 Å². The second kappa shape index (κ2) is 13.0. The number of rotatable bonds is 13. The van der Waals surface area contributed by atoms with Gasteiger partial charge in [0.25, 0.3) is 0 Å². The van der Waals surface area contributed by atoms with Gasteiger partial charge >= 0.3 is 0 Å². The van der Waals surface area contributed by atoms with Crippen LogP contribution in [0, 0.1) is 17.8 Å². The van der Waals surface area contributed by atoms with Gasteiger partial charge in [0, 0.05) is 51.1 Å². The summed E-state index contributed by atoms with van der Waals surface area (Å²) >= 11 is 3.73. The Balaban J connectivity index is 1.72. The number of nitrogens with zero attached hydrogens (tertiary/aromatic N) is 4. The van der Waals surface area contributed by atoms with E-state index in [4.69, 9.17) is 9.47 Å². The molecule has 224 valence electrons. The first-order chi connectivity index (χ1) is 19.1. The highest BCUT2D eigenvalue weighted by Gasteiger charge is 2.77. The number of ether oxygens (including phenoxy) is 2. The number of amides is 3. The molecular weight excluding hydrogens is 580 g/mol. The fraction of sp³-hybridized carbons (Fsp3) is 0.759. The third-order valence-electron chi connectivity index (χ3n) is 8.82. The number of hydrogen-bond donors (Lipinski definition) is 1. The number of aliphatic hydroxyl groups is 1. The average molecular weight is 626 g/mol. The zero-order valence-electron chi connectivity index (χ0n) is 24.0. The molecule has 0 aromatic rings. The van der Waals surface area contributed by atoms with E-state index >= 15 is 0 Å². The van der Waals surface area contributed by atoms with Crippen LogP contribution in [-0.4, -0.2) is 137 Å². The highest BCUT2D eigenvalue weighted by Crippen LogP contribution is 2.61. The van der Waals surface area contributed by atoms with Gasteiger partial charge in [0.05, 0.1) is 43.8 Å². The lowest BCUT2D eigenvalue weighted by molar-refractivity contribution is -0.152. The highest BCUT2D eigenvalue weighted by atomic mass is 79.9. The molecule has 4 saturated heterocycles. The van der Waals surface area contributed by atoms with Crippen LogP contribution in [-0.2, 0) is 23.9 Å². The van der Waals surface area contributed by atoms with Crippen LogP contribution in [0.15, 0.2) is 25.3 Å². The molecule has 4 aliphatic heterocycles. The molecule has 4 aliphatic rings. The lowest BCUT2D eigenvalue weighted by Crippen LogP contribution is -2.60. The largest absolute Gasteiger partial charge is 0.394 e. The molecule has 0 radical (unpaired) electrons. The summed E-state index contributed by atoms with van der Waals surface area (Å²) in [5.41, 5.74) is -1.16. The SMILES string of the molecule is C=CCN(C)C(=O)[C@H]1[C@H]2C(=O)N([C@@H](CO)CC(C)C)C(C(=O)N(CC=C)CCN3CCOCC3)C23CC(Br)[C@@H]1O3. The van der Waals surface area contributed by atoms with Crippen LogP contribution < -0.4 is 0 Å². The summed E-state index contributed by atoms with van der Waals surface area (Å²) in [5.74, 6) is -2.04. The Morgan fingerprint density at radius 1 is 1.20 bits per heavy atom. The van der Waals surface area contributed by atoms with Gasteiger partial charge in [0.2, 0.25) is 17.7 Å². The fourth-order valence-corrected chi connectivity index (χ4v) is 8.03. The van der Waals surface area contributed by atoms with Crippen LogP contribution in [0.3, 0.4) is 0 Å². The molecule has 4 heterocycles. The minimum Gasteiger partial charge on any atom is -0.394 e. The summed E-state index contributed by atoms with van der Waals surface area (Å²) in [5, 5.41) is 10.5. The van der Waals surface area contributed by atoms with E-state index in [9.17, 15) is 19.5 Å². The van der Waals surface area contributed by atoms with Crippen molar-refractivity contribution in [1.82, 2.24) is 19.6 Å². The fourth-order valence-electron chi connectivity index (χ4n) is 7.09. The number of fused-ring (bicyclic) bond motifs is 1. The van der Waals surface area contributed by atoms with Crippen molar-refractivity contribution in [2.24, 2.45) is 17.8 Å². The van der Waals surface area contributed by atoms with E-state index in [1.54, 1.807) is 33.9 Å². The number of carbonyl (C=O) groups excluding carboxylic acids is 3. The van der Waals surface area contributed by atoms with Crippen LogP contribution in [0.2, 0.25) is 0 Å². The molecule has 1 N–H and O–H groups in total. The molecule has 2 bridgehead atoms. The molecule has 10 nitrogen and oxygen atoms in total. The second-order valence-electron chi connectivity index (χ2n) is 11.9. The highest BCUT2D eigenvalue weighted by molar-refractivity contribution is 9.09. The lowest BCUT2D eigenvalue weighted by atomic mass is 9.70. The van der Waals surface area contributed by atoms with E-state index in [2.05, 4.69) is 34.0 Å². The number of likely N-dealkylation sites (N-methyl/N-ethyl adjacent to an activating group) is 1. The number of morpholine rings is 1. The van der Waals surface area contributed by atoms with E-state index < -0.39 is 35.6 Å². The monoisotopic (exact) mass is 624 g/mol. The van der Waals surface area contributed by atoms with E-state index in [1.165, 1.54) is 0 Å². The summed E-state index contributed by atoms with van der Waals surface area (Å²) < 4.78 is 12.1. The first-order valence-electron chi connectivity index (χ1n) is 14.4. The molecule has 3 unspecified atom stereocenters. The molecule has 7 atom stereocenters. The molecule has 0 aliphatic carbocycles. The molecule has 0 aromatic carbocycles. The quantitative estimate of drug-likeness (QED) is 0.242. The van der Waals surface area contributed by atoms with E-state index in [1.807, 2.05) is 13.8 Å². The number of hydrogen-bond acceptors (Lipinski definition) is 7. The smallest absolute Gasteiger partial charge is 0.248 e. The van der Waals surface area contributed by atoms with Gasteiger partial charge in [-0.1, -0.05) is 41.9 Å². The van der Waals surface area contributed by atoms with Gasteiger partial charge in [0.1, 0.15) is 11.6 Å². The van der Waals surface area contributed by atoms with Crippen LogP contribution in [0.1, 0.15) is 26.7 Å². The third-order valence-corrected chi connectivity index (χ3v) is 9.67. The first kappa shape index (κ1) is 31.2. The molecule has 0 aromatic heterocycles. The summed E-state index contributed by atoms with van der Waals surface area (Å²) in [6, 6.07) is -1.51. The van der Waals surface area contributed by atoms with E-state index in [-0.39, 0.29) is 35.1 Å². The van der Waals surface area contributed by atoms with Gasteiger partial charge in [-0.3, -0.25) is 19.3 Å². The number of likely N-dealkylation sites (tertiary alicyclic amines) is 1. The van der Waals surface area contributed by atoms with Gasteiger partial charge in [-0.05, 0) is 18.8 Å². The Bertz CT molecular complexity index is 974. The van der Waals surface area contributed by atoms with Crippen molar-refractivity contribution in [1.29, 1.82) is 0 Å². The van der Waals surface area contributed by atoms with Crippen molar-refractivity contribution in [2.75, 3.05) is 66.1 Å². The van der Waals surface area contributed by atoms with E-state index in [0.717, 1.165) is 13.1 Å². The van der Waals surface area contributed by atoms with Gasteiger partial charge < -0.3 is 29.3 Å². The maximum Gasteiger partial charge on any atom is 0.248 e. The predicted octanol–water partition coefficient (Wildman–Crippen LogP) is 1.13. The van der Waals surface area contributed by atoms with Crippen molar-refractivity contribution in [3.63, 3.8) is 0 Å². The van der Waals surface area contributed by atoms with Crippen molar-refractivity contribution < 1.29 is 29.0 Å². The maximum atomic E-state index is 14.6. The molecular formula is C29H45BrN4O6. The first-order valence-corrected chi connectivity index (χ1v) is 15.3. The zero-order valence-corrected chi connectivity index (χ0v) is 25.6. The normalized spacial score (nSPS) is 32.3. The number of halogens is 1. The minimum atomic E-state index is -1.16.